The van der Waals surface area contributed by atoms with Gasteiger partial charge in [-0.15, -0.1) is 0 Å². The van der Waals surface area contributed by atoms with Gasteiger partial charge in [-0.05, 0) is 64.2 Å². The summed E-state index contributed by atoms with van der Waals surface area (Å²) >= 11 is 0. The Bertz CT molecular complexity index is 1180. The van der Waals surface area contributed by atoms with E-state index in [4.69, 9.17) is 14.6 Å². The Hall–Kier alpha value is -3.45. The Morgan fingerprint density at radius 3 is 2.53 bits per heavy atom. The second-order valence-corrected chi connectivity index (χ2v) is 10.9. The zero-order chi connectivity index (χ0) is 28.3. The first-order chi connectivity index (χ1) is 17.8. The second kappa shape index (κ2) is 11.5. The molecule has 0 aromatic heterocycles. The molecule has 0 saturated heterocycles. The number of esters is 1. The standard InChI is InChI=1S/C31H38O7/c1-19(10-8-12-26(33)34)9-7-11-21(3)28(35)22(4)29(36)38-24-18-20(2)17-23-13-15-30(5)31(6,27(23)24)25(32)14-16-37-30/h7-17,20,22,24,27-28,35H,18H2,1-6H3,(H,33,34)/b9-7+,12-8+,19-10+,21-11+/t20-,22+,24+,27-,28+,30-,31-/m1/s1. The Kier molecular flexibility index (Phi) is 8.82. The van der Waals surface area contributed by atoms with E-state index in [2.05, 4.69) is 13.0 Å². The van der Waals surface area contributed by atoms with Crippen LogP contribution in [0.1, 0.15) is 48.0 Å². The van der Waals surface area contributed by atoms with Gasteiger partial charge < -0.3 is 19.7 Å². The van der Waals surface area contributed by atoms with Crippen molar-refractivity contribution in [3.8, 4) is 0 Å². The fourth-order valence-corrected chi connectivity index (χ4v) is 5.47. The molecule has 1 heterocycles. The van der Waals surface area contributed by atoms with Crippen LogP contribution in [0.3, 0.4) is 0 Å². The molecule has 0 unspecified atom stereocenters. The number of aliphatic carboxylic acids is 1. The number of ether oxygens (including phenoxy) is 2. The van der Waals surface area contributed by atoms with E-state index in [0.29, 0.717) is 12.0 Å². The number of carbonyl (C=O) groups excluding carboxylic acids is 2. The van der Waals surface area contributed by atoms with Crippen molar-refractivity contribution in [2.45, 2.75) is 65.8 Å². The first-order valence-corrected chi connectivity index (χ1v) is 12.9. The van der Waals surface area contributed by atoms with Gasteiger partial charge in [0.25, 0.3) is 0 Å². The van der Waals surface area contributed by atoms with Gasteiger partial charge in [0, 0.05) is 18.1 Å². The van der Waals surface area contributed by atoms with Gasteiger partial charge in [0.15, 0.2) is 5.78 Å². The molecule has 2 aliphatic carbocycles. The lowest BCUT2D eigenvalue weighted by molar-refractivity contribution is -0.173. The quantitative estimate of drug-likeness (QED) is 0.262. The third kappa shape index (κ3) is 5.83. The average Bonchev–Trinajstić information content (AvgIpc) is 2.84. The van der Waals surface area contributed by atoms with Gasteiger partial charge in [0.1, 0.15) is 11.7 Å². The number of carboxylic acids is 1. The molecule has 7 atom stereocenters. The third-order valence-electron chi connectivity index (χ3n) is 8.00. The summed E-state index contributed by atoms with van der Waals surface area (Å²) < 4.78 is 12.0. The summed E-state index contributed by atoms with van der Waals surface area (Å²) in [7, 11) is 0. The van der Waals surface area contributed by atoms with Crippen LogP contribution in [0, 0.1) is 23.2 Å². The maximum Gasteiger partial charge on any atom is 0.328 e. The predicted octanol–water partition coefficient (Wildman–Crippen LogP) is 5.02. The summed E-state index contributed by atoms with van der Waals surface area (Å²) in [5.41, 5.74) is 0.560. The van der Waals surface area contributed by atoms with Crippen molar-refractivity contribution in [2.75, 3.05) is 0 Å². The zero-order valence-corrected chi connectivity index (χ0v) is 22.9. The fourth-order valence-electron chi connectivity index (χ4n) is 5.47. The van der Waals surface area contributed by atoms with Gasteiger partial charge in [-0.2, -0.15) is 0 Å². The normalized spacial score (nSPS) is 32.9. The molecule has 1 aliphatic heterocycles. The van der Waals surface area contributed by atoms with Crippen molar-refractivity contribution in [3.05, 3.63) is 83.7 Å². The second-order valence-electron chi connectivity index (χ2n) is 10.9. The van der Waals surface area contributed by atoms with Gasteiger partial charge in [-0.3, -0.25) is 9.59 Å². The van der Waals surface area contributed by atoms with E-state index in [1.54, 1.807) is 38.2 Å². The number of carbonyl (C=O) groups is 3. The largest absolute Gasteiger partial charge is 0.490 e. The van der Waals surface area contributed by atoms with Crippen LogP contribution in [0.15, 0.2) is 83.7 Å². The summed E-state index contributed by atoms with van der Waals surface area (Å²) in [5.74, 6) is -2.66. The van der Waals surface area contributed by atoms with Gasteiger partial charge >= 0.3 is 11.9 Å². The van der Waals surface area contributed by atoms with Crippen molar-refractivity contribution in [3.63, 3.8) is 0 Å². The third-order valence-corrected chi connectivity index (χ3v) is 8.00. The minimum atomic E-state index is -1.06. The number of aliphatic hydroxyl groups is 1. The predicted molar refractivity (Wildman–Crippen MR) is 145 cm³/mol. The molecule has 0 aromatic carbocycles. The maximum absolute atomic E-state index is 13.3. The lowest BCUT2D eigenvalue weighted by atomic mass is 9.54. The summed E-state index contributed by atoms with van der Waals surface area (Å²) in [5, 5.41) is 19.5. The van der Waals surface area contributed by atoms with Crippen molar-refractivity contribution >= 4 is 17.7 Å². The summed E-state index contributed by atoms with van der Waals surface area (Å²) in [6.07, 6.45) is 17.2. The number of carboxylic acid groups (broad SMARTS) is 1. The summed E-state index contributed by atoms with van der Waals surface area (Å²) in [4.78, 5) is 37.1. The minimum Gasteiger partial charge on any atom is -0.490 e. The monoisotopic (exact) mass is 522 g/mol. The Morgan fingerprint density at radius 1 is 1.16 bits per heavy atom. The molecule has 0 bridgehead atoms. The molecule has 0 saturated carbocycles. The molecular formula is C31H38O7. The van der Waals surface area contributed by atoms with Crippen LogP contribution in [0.2, 0.25) is 0 Å². The number of hydrogen-bond donors (Lipinski definition) is 2. The Balaban J connectivity index is 1.75. The molecule has 38 heavy (non-hydrogen) atoms. The van der Waals surface area contributed by atoms with Crippen LogP contribution in [0.4, 0.5) is 0 Å². The topological polar surface area (TPSA) is 110 Å². The summed E-state index contributed by atoms with van der Waals surface area (Å²) in [6.45, 7) is 11.0. The molecule has 0 radical (unpaired) electrons. The maximum atomic E-state index is 13.3. The molecule has 0 aromatic rings. The van der Waals surface area contributed by atoms with Crippen LogP contribution in [0.25, 0.3) is 0 Å². The van der Waals surface area contributed by atoms with Crippen molar-refractivity contribution in [1.29, 1.82) is 0 Å². The van der Waals surface area contributed by atoms with E-state index >= 15 is 0 Å². The number of ketones is 1. The van der Waals surface area contributed by atoms with Gasteiger partial charge in [-0.1, -0.05) is 55.0 Å². The number of rotatable bonds is 8. The van der Waals surface area contributed by atoms with E-state index in [0.717, 1.165) is 17.2 Å². The highest BCUT2D eigenvalue weighted by atomic mass is 16.5. The molecule has 3 aliphatic rings. The SMILES string of the molecule is CC(/C=C/C=C(\C)[C@H](O)[C@H](C)C(=O)O[C@H]1C[C@H](C)C=C2C=C[C@@]3(C)OC=CC(=O)[C@]3(C)[C@H]21)=C\C=C\C(=O)O. The number of hydrogen-bond acceptors (Lipinski definition) is 6. The molecular weight excluding hydrogens is 484 g/mol. The molecule has 0 spiro atoms. The molecule has 2 N–H and O–H groups in total. The highest BCUT2D eigenvalue weighted by molar-refractivity contribution is 5.97. The lowest BCUT2D eigenvalue weighted by Crippen LogP contribution is -2.61. The van der Waals surface area contributed by atoms with E-state index in [-0.39, 0.29) is 17.6 Å². The fraction of sp³-hybridized carbons (Fsp3) is 0.452. The van der Waals surface area contributed by atoms with E-state index in [1.165, 1.54) is 18.4 Å². The van der Waals surface area contributed by atoms with E-state index < -0.39 is 41.1 Å². The Labute approximate surface area is 224 Å². The van der Waals surface area contributed by atoms with Crippen LogP contribution in [-0.4, -0.2) is 45.7 Å². The van der Waals surface area contributed by atoms with Gasteiger partial charge in [-0.25, -0.2) is 4.79 Å². The highest BCUT2D eigenvalue weighted by Gasteiger charge is 2.61. The van der Waals surface area contributed by atoms with Crippen LogP contribution in [0.5, 0.6) is 0 Å². The van der Waals surface area contributed by atoms with Crippen molar-refractivity contribution < 1.29 is 34.1 Å². The number of aliphatic hydroxyl groups excluding tert-OH is 1. The van der Waals surface area contributed by atoms with Crippen molar-refractivity contribution in [1.82, 2.24) is 0 Å². The van der Waals surface area contributed by atoms with Gasteiger partial charge in [0.2, 0.25) is 0 Å². The zero-order valence-electron chi connectivity index (χ0n) is 22.9. The molecule has 0 amide bonds. The molecule has 7 heteroatoms. The first-order valence-electron chi connectivity index (χ1n) is 12.9. The molecule has 3 rings (SSSR count). The number of allylic oxidation sites excluding steroid dienone is 9. The molecule has 0 fully saturated rings. The van der Waals surface area contributed by atoms with Crippen LogP contribution in [-0.2, 0) is 23.9 Å². The molecule has 204 valence electrons. The first kappa shape index (κ1) is 29.1. The van der Waals surface area contributed by atoms with Crippen molar-refractivity contribution in [2.24, 2.45) is 23.2 Å². The van der Waals surface area contributed by atoms with Crippen LogP contribution >= 0.6 is 0 Å². The van der Waals surface area contributed by atoms with E-state index in [9.17, 15) is 19.5 Å². The minimum absolute atomic E-state index is 0.0662. The summed E-state index contributed by atoms with van der Waals surface area (Å²) in [6, 6.07) is 0. The van der Waals surface area contributed by atoms with Crippen LogP contribution < -0.4 is 0 Å². The number of fused-ring (bicyclic) bond motifs is 3. The highest BCUT2D eigenvalue weighted by Crippen LogP contribution is 2.55. The molecule has 7 nitrogen and oxygen atoms in total. The van der Waals surface area contributed by atoms with Gasteiger partial charge in [0.05, 0.1) is 23.7 Å². The van der Waals surface area contributed by atoms with E-state index in [1.807, 2.05) is 32.9 Å². The smallest absolute Gasteiger partial charge is 0.328 e. The lowest BCUT2D eigenvalue weighted by Gasteiger charge is -2.54. The Morgan fingerprint density at radius 2 is 1.84 bits per heavy atom. The average molecular weight is 523 g/mol.